The van der Waals surface area contributed by atoms with E-state index in [1.54, 1.807) is 6.92 Å². The van der Waals surface area contributed by atoms with Crippen molar-refractivity contribution >= 4 is 11.8 Å². The fourth-order valence-electron chi connectivity index (χ4n) is 0.749. The van der Waals surface area contributed by atoms with Crippen molar-refractivity contribution in [3.63, 3.8) is 0 Å². The van der Waals surface area contributed by atoms with Crippen LogP contribution in [-0.2, 0) is 4.74 Å². The van der Waals surface area contributed by atoms with Gasteiger partial charge in [-0.3, -0.25) is 5.32 Å². The number of carbonyl (C=O) groups is 1. The molecule has 0 bridgehead atoms. The summed E-state index contributed by atoms with van der Waals surface area (Å²) in [6.07, 6.45) is 2.32. The third-order valence-corrected chi connectivity index (χ3v) is 1.35. The van der Waals surface area contributed by atoms with Crippen molar-refractivity contribution in [1.29, 1.82) is 0 Å². The van der Waals surface area contributed by atoms with Gasteiger partial charge in [-0.05, 0) is 6.92 Å². The molecular weight excluding hydrogens is 186 g/mol. The van der Waals surface area contributed by atoms with E-state index in [-0.39, 0.29) is 13.2 Å². The minimum atomic E-state index is -0.633. The fraction of sp³-hybridized carbons (Fsp3) is 0.375. The number of ether oxygens (including phenoxy) is 1. The monoisotopic (exact) mass is 197 g/mol. The average Bonchev–Trinajstić information content (AvgIpc) is 2.18. The van der Waals surface area contributed by atoms with Crippen molar-refractivity contribution < 1.29 is 14.6 Å². The molecule has 76 valence electrons. The molecule has 0 fully saturated rings. The number of nitrogens with zero attached hydrogens (tertiary/aromatic N) is 2. The number of hydrogen-bond acceptors (Lipinski definition) is 5. The topological polar surface area (TPSA) is 84.3 Å². The number of rotatable bonds is 3. The highest BCUT2D eigenvalue weighted by atomic mass is 16.6. The van der Waals surface area contributed by atoms with Crippen molar-refractivity contribution in [2.24, 2.45) is 0 Å². The summed E-state index contributed by atoms with van der Waals surface area (Å²) >= 11 is 0. The van der Waals surface area contributed by atoms with Crippen LogP contribution in [0.3, 0.4) is 0 Å². The molecular formula is C8H11N3O3. The second-order valence-electron chi connectivity index (χ2n) is 2.50. The molecule has 14 heavy (non-hydrogen) atoms. The summed E-state index contributed by atoms with van der Waals surface area (Å²) in [5, 5.41) is 10.8. The molecule has 0 atom stereocenters. The van der Waals surface area contributed by atoms with Crippen molar-refractivity contribution in [2.75, 3.05) is 18.5 Å². The van der Waals surface area contributed by atoms with Crippen LogP contribution in [0.1, 0.15) is 5.82 Å². The van der Waals surface area contributed by atoms with Crippen LogP contribution in [-0.4, -0.2) is 34.4 Å². The third-order valence-electron chi connectivity index (χ3n) is 1.35. The third kappa shape index (κ3) is 3.36. The van der Waals surface area contributed by atoms with Gasteiger partial charge in [0.2, 0.25) is 0 Å². The quantitative estimate of drug-likeness (QED) is 0.729. The standard InChI is InChI=1S/C8H11N3O3/c1-6-9-4-7(5-10-6)11-8(13)14-3-2-12/h4-5,12H,2-3H2,1H3,(H,11,13). The van der Waals surface area contributed by atoms with Gasteiger partial charge in [-0.25, -0.2) is 14.8 Å². The molecule has 0 radical (unpaired) electrons. The van der Waals surface area contributed by atoms with Crippen LogP contribution in [0.2, 0.25) is 0 Å². The fourth-order valence-corrected chi connectivity index (χ4v) is 0.749. The smallest absolute Gasteiger partial charge is 0.411 e. The molecule has 0 unspecified atom stereocenters. The highest BCUT2D eigenvalue weighted by molar-refractivity contribution is 5.83. The van der Waals surface area contributed by atoms with Crippen LogP contribution >= 0.6 is 0 Å². The van der Waals surface area contributed by atoms with Gasteiger partial charge in [0.25, 0.3) is 0 Å². The predicted molar refractivity (Wildman–Crippen MR) is 48.8 cm³/mol. The largest absolute Gasteiger partial charge is 0.447 e. The second-order valence-corrected chi connectivity index (χ2v) is 2.50. The number of anilines is 1. The van der Waals surface area contributed by atoms with E-state index < -0.39 is 6.09 Å². The van der Waals surface area contributed by atoms with Gasteiger partial charge >= 0.3 is 6.09 Å². The lowest BCUT2D eigenvalue weighted by molar-refractivity contribution is 0.131. The number of nitrogens with one attached hydrogen (secondary N) is 1. The summed E-state index contributed by atoms with van der Waals surface area (Å²) in [6.45, 7) is 1.52. The van der Waals surface area contributed by atoms with E-state index in [4.69, 9.17) is 5.11 Å². The maximum Gasteiger partial charge on any atom is 0.411 e. The van der Waals surface area contributed by atoms with Crippen LogP contribution in [0.15, 0.2) is 12.4 Å². The van der Waals surface area contributed by atoms with Gasteiger partial charge in [-0.1, -0.05) is 0 Å². The molecule has 1 rings (SSSR count). The van der Waals surface area contributed by atoms with Crippen LogP contribution in [0.4, 0.5) is 10.5 Å². The zero-order valence-electron chi connectivity index (χ0n) is 7.73. The Morgan fingerprint density at radius 2 is 2.21 bits per heavy atom. The predicted octanol–water partition coefficient (Wildman–Crippen LogP) is 0.326. The van der Waals surface area contributed by atoms with E-state index in [2.05, 4.69) is 20.0 Å². The summed E-state index contributed by atoms with van der Waals surface area (Å²) < 4.78 is 4.57. The van der Waals surface area contributed by atoms with E-state index in [9.17, 15) is 4.79 Å². The Labute approximate surface area is 80.9 Å². The van der Waals surface area contributed by atoms with E-state index >= 15 is 0 Å². The SMILES string of the molecule is Cc1ncc(NC(=O)OCCO)cn1. The summed E-state index contributed by atoms with van der Waals surface area (Å²) in [7, 11) is 0. The zero-order chi connectivity index (χ0) is 10.4. The van der Waals surface area contributed by atoms with Crippen LogP contribution in [0.5, 0.6) is 0 Å². The number of aryl methyl sites for hydroxylation is 1. The van der Waals surface area contributed by atoms with E-state index in [1.165, 1.54) is 12.4 Å². The van der Waals surface area contributed by atoms with E-state index in [0.29, 0.717) is 11.5 Å². The Hall–Kier alpha value is -1.69. The van der Waals surface area contributed by atoms with Gasteiger partial charge in [0.05, 0.1) is 24.7 Å². The number of aliphatic hydroxyl groups is 1. The van der Waals surface area contributed by atoms with Crippen molar-refractivity contribution in [3.05, 3.63) is 18.2 Å². The van der Waals surface area contributed by atoms with Crippen molar-refractivity contribution in [3.8, 4) is 0 Å². The van der Waals surface area contributed by atoms with Gasteiger partial charge in [0.15, 0.2) is 0 Å². The number of carbonyl (C=O) groups excluding carboxylic acids is 1. The van der Waals surface area contributed by atoms with Crippen LogP contribution in [0.25, 0.3) is 0 Å². The summed E-state index contributed by atoms with van der Waals surface area (Å²) in [4.78, 5) is 18.7. The van der Waals surface area contributed by atoms with Crippen LogP contribution in [0, 0.1) is 6.92 Å². The lowest BCUT2D eigenvalue weighted by Gasteiger charge is -2.04. The van der Waals surface area contributed by atoms with Crippen LogP contribution < -0.4 is 5.32 Å². The number of aromatic nitrogens is 2. The molecule has 0 saturated heterocycles. The highest BCUT2D eigenvalue weighted by Gasteiger charge is 2.02. The molecule has 0 aliphatic rings. The summed E-state index contributed by atoms with van der Waals surface area (Å²) in [5.41, 5.74) is 0.457. The summed E-state index contributed by atoms with van der Waals surface area (Å²) in [6, 6.07) is 0. The van der Waals surface area contributed by atoms with Gasteiger partial charge in [0.1, 0.15) is 12.4 Å². The minimum Gasteiger partial charge on any atom is -0.447 e. The van der Waals surface area contributed by atoms with Gasteiger partial charge in [-0.2, -0.15) is 0 Å². The van der Waals surface area contributed by atoms with Crippen molar-refractivity contribution in [2.45, 2.75) is 6.92 Å². The Morgan fingerprint density at radius 1 is 1.57 bits per heavy atom. The first-order valence-electron chi connectivity index (χ1n) is 4.05. The van der Waals surface area contributed by atoms with Crippen molar-refractivity contribution in [1.82, 2.24) is 9.97 Å². The maximum atomic E-state index is 11.0. The molecule has 0 aromatic carbocycles. The number of amides is 1. The molecule has 6 nitrogen and oxygen atoms in total. The number of hydrogen-bond donors (Lipinski definition) is 2. The Bertz CT molecular complexity index is 299. The Kier molecular flexibility index (Phi) is 3.81. The number of aliphatic hydroxyl groups excluding tert-OH is 1. The maximum absolute atomic E-state index is 11.0. The molecule has 0 spiro atoms. The molecule has 6 heteroatoms. The molecule has 0 saturated carbocycles. The zero-order valence-corrected chi connectivity index (χ0v) is 7.73. The van der Waals surface area contributed by atoms with Gasteiger partial charge < -0.3 is 9.84 Å². The molecule has 0 aliphatic heterocycles. The first-order valence-corrected chi connectivity index (χ1v) is 4.05. The summed E-state index contributed by atoms with van der Waals surface area (Å²) in [5.74, 6) is 0.624. The van der Waals surface area contributed by atoms with E-state index in [1.807, 2.05) is 0 Å². The van der Waals surface area contributed by atoms with E-state index in [0.717, 1.165) is 0 Å². The minimum absolute atomic E-state index is 0.0292. The Morgan fingerprint density at radius 3 is 2.79 bits per heavy atom. The lowest BCUT2D eigenvalue weighted by Crippen LogP contribution is -2.16. The normalized spacial score (nSPS) is 9.57. The molecule has 1 aromatic heterocycles. The second kappa shape index (κ2) is 5.13. The molecule has 1 aromatic rings. The molecule has 1 amide bonds. The van der Waals surface area contributed by atoms with Gasteiger partial charge in [0, 0.05) is 0 Å². The highest BCUT2D eigenvalue weighted by Crippen LogP contribution is 2.02. The lowest BCUT2D eigenvalue weighted by atomic mass is 10.5. The molecule has 1 heterocycles. The average molecular weight is 197 g/mol. The molecule has 0 aliphatic carbocycles. The van der Waals surface area contributed by atoms with Gasteiger partial charge in [-0.15, -0.1) is 0 Å². The Balaban J connectivity index is 2.44. The first-order chi connectivity index (χ1) is 6.72. The first kappa shape index (κ1) is 10.4. The molecule has 2 N–H and O–H groups in total.